The second kappa shape index (κ2) is 9.30. The van der Waals surface area contributed by atoms with Crippen LogP contribution in [-0.4, -0.2) is 43.0 Å². The van der Waals surface area contributed by atoms with Crippen molar-refractivity contribution in [2.24, 2.45) is 7.05 Å². The molecule has 2 aromatic carbocycles. The zero-order valence-corrected chi connectivity index (χ0v) is 19.5. The molecule has 1 unspecified atom stereocenters. The van der Waals surface area contributed by atoms with Gasteiger partial charge in [0.1, 0.15) is 17.7 Å². The monoisotopic (exact) mass is 485 g/mol. The summed E-state index contributed by atoms with van der Waals surface area (Å²) in [5, 5.41) is 0. The van der Waals surface area contributed by atoms with Crippen molar-refractivity contribution < 1.29 is 22.3 Å². The molecular formula is C24H24FN3O5S. The fourth-order valence-corrected chi connectivity index (χ4v) is 4.83. The zero-order valence-electron chi connectivity index (χ0n) is 18.7. The summed E-state index contributed by atoms with van der Waals surface area (Å²) in [5.41, 5.74) is 1.10. The Bertz CT molecular complexity index is 1400. The van der Waals surface area contributed by atoms with E-state index in [1.165, 1.54) is 34.9 Å². The lowest BCUT2D eigenvalue weighted by molar-refractivity contribution is 0.0772. The number of hydrogen-bond acceptors (Lipinski definition) is 5. The van der Waals surface area contributed by atoms with Crippen LogP contribution in [0, 0.1) is 12.7 Å². The Balaban J connectivity index is 1.44. The number of sulfonamides is 1. The highest BCUT2D eigenvalue weighted by Crippen LogP contribution is 2.22. The normalized spacial score (nSPS) is 15.9. The number of nitrogens with one attached hydrogen (secondary N) is 1. The minimum Gasteiger partial charge on any atom is -0.488 e. The van der Waals surface area contributed by atoms with Gasteiger partial charge in [-0.3, -0.25) is 14.3 Å². The third-order valence-corrected chi connectivity index (χ3v) is 7.06. The van der Waals surface area contributed by atoms with Gasteiger partial charge in [0.2, 0.25) is 0 Å². The number of rotatable bonds is 6. The Kier molecular flexibility index (Phi) is 6.43. The lowest BCUT2D eigenvalue weighted by atomic mass is 10.2. The van der Waals surface area contributed by atoms with Crippen LogP contribution in [0.5, 0.6) is 5.75 Å². The first-order valence-corrected chi connectivity index (χ1v) is 12.1. The highest BCUT2D eigenvalue weighted by atomic mass is 32.2. The molecule has 0 saturated carbocycles. The summed E-state index contributed by atoms with van der Waals surface area (Å²) >= 11 is 0. The smallest absolute Gasteiger partial charge is 0.261 e. The molecule has 1 fully saturated rings. The molecule has 4 rings (SSSR count). The van der Waals surface area contributed by atoms with Crippen LogP contribution >= 0.6 is 0 Å². The van der Waals surface area contributed by atoms with Gasteiger partial charge in [0.25, 0.3) is 21.5 Å². The molecule has 1 aromatic heterocycles. The van der Waals surface area contributed by atoms with E-state index in [-0.39, 0.29) is 28.2 Å². The molecule has 3 aromatic rings. The van der Waals surface area contributed by atoms with Crippen molar-refractivity contribution in [2.45, 2.75) is 24.3 Å². The summed E-state index contributed by atoms with van der Waals surface area (Å²) in [4.78, 5) is 26.4. The molecule has 0 aliphatic carbocycles. The number of carbonyl (C=O) groups is 1. The molecule has 34 heavy (non-hydrogen) atoms. The summed E-state index contributed by atoms with van der Waals surface area (Å²) < 4.78 is 48.4. The molecule has 1 aliphatic rings. The van der Waals surface area contributed by atoms with Gasteiger partial charge >= 0.3 is 0 Å². The maximum absolute atomic E-state index is 13.4. The summed E-state index contributed by atoms with van der Waals surface area (Å²) in [5.74, 6) is -0.463. The fourth-order valence-electron chi connectivity index (χ4n) is 3.75. The average molecular weight is 486 g/mol. The fraction of sp³-hybridized carbons (Fsp3) is 0.250. The van der Waals surface area contributed by atoms with E-state index in [0.717, 1.165) is 17.8 Å². The van der Waals surface area contributed by atoms with Crippen LogP contribution in [0.4, 0.5) is 10.1 Å². The molecule has 8 nitrogen and oxygen atoms in total. The van der Waals surface area contributed by atoms with E-state index in [0.29, 0.717) is 30.8 Å². The molecular weight excluding hydrogens is 461 g/mol. The number of pyridine rings is 1. The number of amides is 1. The molecule has 2 heterocycles. The molecule has 0 radical (unpaired) electrons. The van der Waals surface area contributed by atoms with Crippen LogP contribution in [0.25, 0.3) is 0 Å². The lowest BCUT2D eigenvalue weighted by Crippen LogP contribution is -2.31. The van der Waals surface area contributed by atoms with Crippen LogP contribution < -0.4 is 15.0 Å². The third kappa shape index (κ3) is 5.12. The van der Waals surface area contributed by atoms with Crippen molar-refractivity contribution in [3.05, 3.63) is 88.1 Å². The Morgan fingerprint density at radius 3 is 2.62 bits per heavy atom. The van der Waals surface area contributed by atoms with E-state index >= 15 is 0 Å². The van der Waals surface area contributed by atoms with E-state index in [4.69, 9.17) is 4.74 Å². The van der Waals surface area contributed by atoms with Crippen LogP contribution in [0.15, 0.2) is 70.4 Å². The number of anilines is 1. The number of halogens is 1. The van der Waals surface area contributed by atoms with Gasteiger partial charge in [-0.05, 0) is 49.4 Å². The number of ether oxygens (including phenoxy) is 1. The Hall–Kier alpha value is -3.66. The first kappa shape index (κ1) is 23.5. The SMILES string of the molecule is Cc1cc(OC2CCN(C(=O)c3cccc(NS(=O)(=O)c4cccc(F)c4)c3)C2)cc(=O)n1C. The van der Waals surface area contributed by atoms with Gasteiger partial charge < -0.3 is 14.2 Å². The molecule has 0 spiro atoms. The van der Waals surface area contributed by atoms with Crippen molar-refractivity contribution in [3.63, 3.8) is 0 Å². The highest BCUT2D eigenvalue weighted by Gasteiger charge is 2.29. The molecule has 178 valence electrons. The summed E-state index contributed by atoms with van der Waals surface area (Å²) in [7, 11) is -2.33. The largest absolute Gasteiger partial charge is 0.488 e. The number of carbonyl (C=O) groups excluding carboxylic acids is 1. The van der Waals surface area contributed by atoms with Gasteiger partial charge in [-0.2, -0.15) is 0 Å². The molecule has 10 heteroatoms. The van der Waals surface area contributed by atoms with Crippen molar-refractivity contribution in [1.82, 2.24) is 9.47 Å². The van der Waals surface area contributed by atoms with Crippen LogP contribution in [0.1, 0.15) is 22.5 Å². The first-order chi connectivity index (χ1) is 16.1. The highest BCUT2D eigenvalue weighted by molar-refractivity contribution is 7.92. The minimum atomic E-state index is -4.01. The number of benzene rings is 2. The maximum Gasteiger partial charge on any atom is 0.261 e. The Labute approximate surface area is 196 Å². The van der Waals surface area contributed by atoms with Gasteiger partial charge in [0.05, 0.1) is 11.4 Å². The first-order valence-electron chi connectivity index (χ1n) is 10.6. The van der Waals surface area contributed by atoms with E-state index in [2.05, 4.69) is 4.72 Å². The van der Waals surface area contributed by atoms with Crippen molar-refractivity contribution in [1.29, 1.82) is 0 Å². The molecule has 1 saturated heterocycles. The van der Waals surface area contributed by atoms with Gasteiger partial charge in [-0.1, -0.05) is 12.1 Å². The minimum absolute atomic E-state index is 0.168. The molecule has 1 atom stereocenters. The molecule has 1 aliphatic heterocycles. The Morgan fingerprint density at radius 2 is 1.88 bits per heavy atom. The van der Waals surface area contributed by atoms with Crippen molar-refractivity contribution in [2.75, 3.05) is 17.8 Å². The number of aryl methyl sites for hydroxylation is 1. The van der Waals surface area contributed by atoms with Gasteiger partial charge in [0.15, 0.2) is 0 Å². The van der Waals surface area contributed by atoms with Crippen LogP contribution in [0.3, 0.4) is 0 Å². The maximum atomic E-state index is 13.4. The lowest BCUT2D eigenvalue weighted by Gasteiger charge is -2.18. The van der Waals surface area contributed by atoms with Crippen molar-refractivity contribution >= 4 is 21.6 Å². The van der Waals surface area contributed by atoms with E-state index in [9.17, 15) is 22.4 Å². The zero-order chi connectivity index (χ0) is 24.5. The second-order valence-electron chi connectivity index (χ2n) is 8.15. The van der Waals surface area contributed by atoms with E-state index < -0.39 is 15.8 Å². The van der Waals surface area contributed by atoms with Crippen LogP contribution in [-0.2, 0) is 17.1 Å². The van der Waals surface area contributed by atoms with Crippen LogP contribution in [0.2, 0.25) is 0 Å². The summed E-state index contributed by atoms with van der Waals surface area (Å²) in [6.45, 7) is 2.62. The summed E-state index contributed by atoms with van der Waals surface area (Å²) in [6.07, 6.45) is 0.344. The average Bonchev–Trinajstić information content (AvgIpc) is 3.25. The van der Waals surface area contributed by atoms with E-state index in [1.807, 2.05) is 6.92 Å². The standard InChI is InChI=1S/C24H24FN3O5S/c1-16-11-21(14-23(29)27(16)2)33-20-9-10-28(15-20)24(30)17-5-3-7-19(12-17)26-34(31,32)22-8-4-6-18(25)13-22/h3-8,11-14,20,26H,9-10,15H2,1-2H3. The van der Waals surface area contributed by atoms with E-state index in [1.54, 1.807) is 30.1 Å². The number of likely N-dealkylation sites (tertiary alicyclic amines) is 1. The van der Waals surface area contributed by atoms with Gasteiger partial charge in [-0.15, -0.1) is 0 Å². The summed E-state index contributed by atoms with van der Waals surface area (Å²) in [6, 6.07) is 14.0. The topological polar surface area (TPSA) is 97.7 Å². The molecule has 1 N–H and O–H groups in total. The van der Waals surface area contributed by atoms with Gasteiger partial charge in [0, 0.05) is 43.0 Å². The third-order valence-electron chi connectivity index (χ3n) is 5.68. The number of nitrogens with zero attached hydrogens (tertiary/aromatic N) is 2. The molecule has 1 amide bonds. The van der Waals surface area contributed by atoms with Crippen molar-refractivity contribution in [3.8, 4) is 5.75 Å². The predicted molar refractivity (Wildman–Crippen MR) is 125 cm³/mol. The number of aromatic nitrogens is 1. The Morgan fingerprint density at radius 1 is 1.12 bits per heavy atom. The second-order valence-corrected chi connectivity index (χ2v) is 9.84. The predicted octanol–water partition coefficient (Wildman–Crippen LogP) is 2.93. The quantitative estimate of drug-likeness (QED) is 0.579. The number of hydrogen-bond donors (Lipinski definition) is 1. The van der Waals surface area contributed by atoms with Gasteiger partial charge in [-0.25, -0.2) is 12.8 Å². The molecule has 0 bridgehead atoms.